The molecule has 0 bridgehead atoms. The van der Waals surface area contributed by atoms with Crippen LogP contribution < -0.4 is 14.5 Å². The molecular weight excluding hydrogens is 693 g/mol. The van der Waals surface area contributed by atoms with E-state index in [0.717, 1.165) is 39.9 Å². The number of hydrogen-bond acceptors (Lipinski definition) is 3. The Morgan fingerprint density at radius 2 is 1.04 bits per heavy atom. The lowest BCUT2D eigenvalue weighted by molar-refractivity contribution is 0.471. The Morgan fingerprint density at radius 3 is 1.88 bits per heavy atom. The van der Waals surface area contributed by atoms with Crippen molar-refractivity contribution in [3.8, 4) is 44.9 Å². The molecule has 11 rings (SSSR count). The number of para-hydroxylation sites is 4. The summed E-state index contributed by atoms with van der Waals surface area (Å²) < 4.78 is 6.50. The molecule has 3 nitrogen and oxygen atoms in total. The number of fused-ring (bicyclic) bond motifs is 7. The van der Waals surface area contributed by atoms with Gasteiger partial charge in [-0.1, -0.05) is 155 Å². The van der Waals surface area contributed by atoms with E-state index < -0.39 is 0 Å². The van der Waals surface area contributed by atoms with Gasteiger partial charge in [-0.05, 0) is 105 Å². The van der Waals surface area contributed by atoms with E-state index in [1.807, 2.05) is 6.07 Å². The van der Waals surface area contributed by atoms with Gasteiger partial charge in [0.2, 0.25) is 0 Å². The van der Waals surface area contributed by atoms with Crippen molar-refractivity contribution in [1.29, 1.82) is 0 Å². The molecule has 274 valence electrons. The first-order valence-corrected chi connectivity index (χ1v) is 19.9. The largest absolute Gasteiger partial charge is 0.453 e. The molecular formula is C54H42N2O. The number of ether oxygens (including phenoxy) is 1. The van der Waals surface area contributed by atoms with E-state index in [2.05, 4.69) is 213 Å². The third-order valence-electron chi connectivity index (χ3n) is 12.6. The van der Waals surface area contributed by atoms with Gasteiger partial charge in [0.15, 0.2) is 11.5 Å². The van der Waals surface area contributed by atoms with Gasteiger partial charge >= 0.3 is 0 Å². The standard InChI is InChI=1S/C54H42N2O/c1-53(2)43-19-10-8-18-41(43)42-31-30-39(34-46(42)53)55(47-21-11-9-17-40(47)36-15-6-5-7-16-36)38-28-25-35(26-29-38)37-27-32-44-49(33-37)56-48-22-12-13-23-50(48)57-51-24-14-20-45(52(51)56)54(44,3)4/h5-34H,1-4H3. The topological polar surface area (TPSA) is 15.7 Å². The van der Waals surface area contributed by atoms with Crippen LogP contribution in [0.3, 0.4) is 0 Å². The fourth-order valence-electron chi connectivity index (χ4n) is 9.72. The van der Waals surface area contributed by atoms with Crippen molar-refractivity contribution in [2.75, 3.05) is 9.80 Å². The molecule has 0 amide bonds. The van der Waals surface area contributed by atoms with E-state index in [0.29, 0.717) is 0 Å². The van der Waals surface area contributed by atoms with Crippen molar-refractivity contribution in [2.45, 2.75) is 38.5 Å². The quantitative estimate of drug-likeness (QED) is 0.175. The summed E-state index contributed by atoms with van der Waals surface area (Å²) in [6.45, 7) is 9.36. The molecule has 2 heterocycles. The SMILES string of the molecule is CC1(C)c2ccccc2-c2ccc(N(c3ccc(-c4ccc5c(c4)N4c6ccccc6Oc6cccc(c64)C5(C)C)cc3)c3ccccc3-c3ccccc3)cc21. The molecule has 0 aromatic heterocycles. The van der Waals surface area contributed by atoms with Gasteiger partial charge < -0.3 is 14.5 Å². The lowest BCUT2D eigenvalue weighted by Crippen LogP contribution is -2.32. The van der Waals surface area contributed by atoms with E-state index in [1.54, 1.807) is 0 Å². The summed E-state index contributed by atoms with van der Waals surface area (Å²) in [5.74, 6) is 1.77. The van der Waals surface area contributed by atoms with Crippen LogP contribution in [0.4, 0.5) is 34.1 Å². The number of anilines is 6. The van der Waals surface area contributed by atoms with Gasteiger partial charge in [-0.3, -0.25) is 0 Å². The predicted molar refractivity (Wildman–Crippen MR) is 236 cm³/mol. The van der Waals surface area contributed by atoms with Crippen molar-refractivity contribution in [3.63, 3.8) is 0 Å². The van der Waals surface area contributed by atoms with Gasteiger partial charge in [-0.2, -0.15) is 0 Å². The number of nitrogens with zero attached hydrogens (tertiary/aromatic N) is 2. The first-order valence-electron chi connectivity index (χ1n) is 19.9. The van der Waals surface area contributed by atoms with Gasteiger partial charge in [0.1, 0.15) is 0 Å². The van der Waals surface area contributed by atoms with Crippen molar-refractivity contribution in [3.05, 3.63) is 204 Å². The van der Waals surface area contributed by atoms with Crippen LogP contribution in [0.15, 0.2) is 182 Å². The Bertz CT molecular complexity index is 2890. The zero-order valence-corrected chi connectivity index (χ0v) is 32.6. The lowest BCUT2D eigenvalue weighted by Gasteiger charge is -2.45. The van der Waals surface area contributed by atoms with E-state index in [-0.39, 0.29) is 10.8 Å². The van der Waals surface area contributed by atoms with Gasteiger partial charge in [-0.15, -0.1) is 0 Å². The lowest BCUT2D eigenvalue weighted by atomic mass is 9.72. The molecule has 0 radical (unpaired) electrons. The summed E-state index contributed by atoms with van der Waals surface area (Å²) >= 11 is 0. The molecule has 0 fully saturated rings. The fourth-order valence-corrected chi connectivity index (χ4v) is 9.72. The number of hydrogen-bond donors (Lipinski definition) is 0. The number of rotatable bonds is 5. The summed E-state index contributed by atoms with van der Waals surface area (Å²) in [5.41, 5.74) is 19.1. The molecule has 1 aliphatic carbocycles. The third-order valence-corrected chi connectivity index (χ3v) is 12.6. The van der Waals surface area contributed by atoms with E-state index in [9.17, 15) is 0 Å². The molecule has 0 N–H and O–H groups in total. The summed E-state index contributed by atoms with van der Waals surface area (Å²) in [4.78, 5) is 4.85. The number of benzene rings is 8. The monoisotopic (exact) mass is 734 g/mol. The van der Waals surface area contributed by atoms with Crippen LogP contribution in [0, 0.1) is 0 Å². The zero-order valence-electron chi connectivity index (χ0n) is 32.6. The average molecular weight is 735 g/mol. The highest BCUT2D eigenvalue weighted by Crippen LogP contribution is 2.60. The Balaban J connectivity index is 1.04. The maximum atomic E-state index is 6.50. The first-order chi connectivity index (χ1) is 27.8. The highest BCUT2D eigenvalue weighted by molar-refractivity contribution is 5.95. The van der Waals surface area contributed by atoms with Crippen molar-refractivity contribution < 1.29 is 4.74 Å². The molecule has 0 spiro atoms. The highest BCUT2D eigenvalue weighted by atomic mass is 16.5. The first kappa shape index (κ1) is 33.5. The van der Waals surface area contributed by atoms with Crippen molar-refractivity contribution >= 4 is 34.1 Å². The Kier molecular flexibility index (Phi) is 7.25. The summed E-state index contributed by atoms with van der Waals surface area (Å²) in [6.07, 6.45) is 0. The van der Waals surface area contributed by atoms with Crippen LogP contribution >= 0.6 is 0 Å². The minimum Gasteiger partial charge on any atom is -0.453 e. The third kappa shape index (κ3) is 4.98. The van der Waals surface area contributed by atoms with Crippen LogP contribution in [0.2, 0.25) is 0 Å². The fraction of sp³-hybridized carbons (Fsp3) is 0.111. The van der Waals surface area contributed by atoms with Crippen LogP contribution in [0.5, 0.6) is 11.5 Å². The molecule has 0 atom stereocenters. The van der Waals surface area contributed by atoms with Crippen LogP contribution in [0.1, 0.15) is 49.9 Å². The summed E-state index contributed by atoms with van der Waals surface area (Å²) in [6, 6.07) is 66.4. The maximum absolute atomic E-state index is 6.50. The van der Waals surface area contributed by atoms with Crippen molar-refractivity contribution in [1.82, 2.24) is 0 Å². The van der Waals surface area contributed by atoms with Crippen LogP contribution in [-0.4, -0.2) is 0 Å². The second-order valence-electron chi connectivity index (χ2n) is 16.6. The van der Waals surface area contributed by atoms with Crippen LogP contribution in [0.25, 0.3) is 33.4 Å². The molecule has 2 aliphatic heterocycles. The molecule has 3 heteroatoms. The summed E-state index contributed by atoms with van der Waals surface area (Å²) in [5, 5.41) is 0. The smallest absolute Gasteiger partial charge is 0.151 e. The van der Waals surface area contributed by atoms with Gasteiger partial charge in [-0.25, -0.2) is 0 Å². The van der Waals surface area contributed by atoms with Crippen molar-refractivity contribution in [2.24, 2.45) is 0 Å². The molecule has 0 unspecified atom stereocenters. The molecule has 3 aliphatic rings. The average Bonchev–Trinajstić information content (AvgIpc) is 3.48. The van der Waals surface area contributed by atoms with Gasteiger partial charge in [0.05, 0.1) is 22.7 Å². The summed E-state index contributed by atoms with van der Waals surface area (Å²) in [7, 11) is 0. The van der Waals surface area contributed by atoms with E-state index in [4.69, 9.17) is 4.74 Å². The zero-order chi connectivity index (χ0) is 38.5. The normalized spacial score (nSPS) is 14.7. The molecule has 57 heavy (non-hydrogen) atoms. The predicted octanol–water partition coefficient (Wildman–Crippen LogP) is 15.0. The van der Waals surface area contributed by atoms with E-state index in [1.165, 1.54) is 61.3 Å². The Morgan fingerprint density at radius 1 is 0.404 bits per heavy atom. The maximum Gasteiger partial charge on any atom is 0.151 e. The molecule has 0 saturated heterocycles. The van der Waals surface area contributed by atoms with Crippen LogP contribution in [-0.2, 0) is 10.8 Å². The minimum absolute atomic E-state index is 0.111. The van der Waals surface area contributed by atoms with Gasteiger partial charge in [0, 0.05) is 27.8 Å². The Hall–Kier alpha value is -6.84. The second-order valence-corrected chi connectivity index (χ2v) is 16.6. The molecule has 8 aromatic rings. The Labute approximate surface area is 335 Å². The highest BCUT2D eigenvalue weighted by Gasteiger charge is 2.41. The minimum atomic E-state index is -0.201. The molecule has 8 aromatic carbocycles. The second kappa shape index (κ2) is 12.3. The van der Waals surface area contributed by atoms with Gasteiger partial charge in [0.25, 0.3) is 0 Å². The molecule has 0 saturated carbocycles. The van der Waals surface area contributed by atoms with E-state index >= 15 is 0 Å².